The number of esters is 1. The lowest BCUT2D eigenvalue weighted by atomic mass is 10.1. The van der Waals surface area contributed by atoms with Gasteiger partial charge >= 0.3 is 5.97 Å². The van der Waals surface area contributed by atoms with Crippen LogP contribution in [0.1, 0.15) is 34.6 Å². The fourth-order valence-electron chi connectivity index (χ4n) is 1.81. The largest absolute Gasteiger partial charge is 0.465 e. The molecule has 0 N–H and O–H groups in total. The van der Waals surface area contributed by atoms with Crippen LogP contribution in [0, 0.1) is 0 Å². The summed E-state index contributed by atoms with van der Waals surface area (Å²) in [5, 5.41) is 0.568. The monoisotopic (exact) mass is 302 g/mol. The standard InChI is InChI=1S/C15H12O3S.C2H6/c1-4-10-12(5-2)19-13-8-9(15(17)18-3)6-7-11(13)14(10)16;1-2/h4-8H,1-2H2,3H3;1-2H3. The summed E-state index contributed by atoms with van der Waals surface area (Å²) < 4.78 is 5.40. The van der Waals surface area contributed by atoms with Crippen molar-refractivity contribution < 1.29 is 9.53 Å². The Morgan fingerprint density at radius 2 is 1.90 bits per heavy atom. The quantitative estimate of drug-likeness (QED) is 0.791. The van der Waals surface area contributed by atoms with E-state index >= 15 is 0 Å². The molecule has 0 unspecified atom stereocenters. The van der Waals surface area contributed by atoms with E-state index in [1.165, 1.54) is 24.5 Å². The number of methoxy groups -OCH3 is 1. The Kier molecular flexibility index (Phi) is 6.06. The van der Waals surface area contributed by atoms with Gasteiger partial charge in [-0.3, -0.25) is 4.79 Å². The lowest BCUT2D eigenvalue weighted by molar-refractivity contribution is 0.0601. The lowest BCUT2D eigenvalue weighted by Gasteiger charge is -2.05. The van der Waals surface area contributed by atoms with Crippen LogP contribution < -0.4 is 5.43 Å². The van der Waals surface area contributed by atoms with Crippen LogP contribution in [-0.4, -0.2) is 13.1 Å². The average Bonchev–Trinajstić information content (AvgIpc) is 2.55. The highest BCUT2D eigenvalue weighted by Gasteiger charge is 2.11. The maximum Gasteiger partial charge on any atom is 0.337 e. The summed E-state index contributed by atoms with van der Waals surface area (Å²) in [7, 11) is 1.32. The number of carbonyl (C=O) groups excluding carboxylic acids is 1. The molecule has 1 aromatic heterocycles. The van der Waals surface area contributed by atoms with Gasteiger partial charge in [0.15, 0.2) is 5.43 Å². The average molecular weight is 302 g/mol. The molecule has 0 saturated heterocycles. The Morgan fingerprint density at radius 1 is 1.24 bits per heavy atom. The van der Waals surface area contributed by atoms with Gasteiger partial charge in [-0.25, -0.2) is 4.79 Å². The molecule has 0 fully saturated rings. The smallest absolute Gasteiger partial charge is 0.337 e. The SMILES string of the molecule is C=Cc1sc2cc(C(=O)OC)ccc2c(=O)c1C=C.CC. The van der Waals surface area contributed by atoms with Crippen LogP contribution in [0.15, 0.2) is 36.2 Å². The van der Waals surface area contributed by atoms with Gasteiger partial charge in [0.1, 0.15) is 0 Å². The van der Waals surface area contributed by atoms with Crippen molar-refractivity contribution in [3.8, 4) is 0 Å². The molecule has 0 spiro atoms. The summed E-state index contributed by atoms with van der Waals surface area (Å²) in [6, 6.07) is 4.89. The van der Waals surface area contributed by atoms with Gasteiger partial charge in [-0.05, 0) is 18.2 Å². The Labute approximate surface area is 128 Å². The molecule has 1 heterocycles. The van der Waals surface area contributed by atoms with Crippen LogP contribution in [0.25, 0.3) is 22.2 Å². The zero-order chi connectivity index (χ0) is 16.0. The second-order valence-corrected chi connectivity index (χ2v) is 4.90. The molecule has 2 rings (SSSR count). The van der Waals surface area contributed by atoms with Gasteiger partial charge in [0.25, 0.3) is 0 Å². The first-order valence-corrected chi connectivity index (χ1v) is 7.38. The predicted octanol–water partition coefficient (Wildman–Crippen LogP) is 4.36. The van der Waals surface area contributed by atoms with Crippen molar-refractivity contribution in [1.29, 1.82) is 0 Å². The fourth-order valence-corrected chi connectivity index (χ4v) is 2.88. The second kappa shape index (κ2) is 7.55. The lowest BCUT2D eigenvalue weighted by Crippen LogP contribution is -2.07. The number of fused-ring (bicyclic) bond motifs is 1. The summed E-state index contributed by atoms with van der Waals surface area (Å²) >= 11 is 1.40. The van der Waals surface area contributed by atoms with Gasteiger partial charge in [-0.2, -0.15) is 0 Å². The van der Waals surface area contributed by atoms with Crippen molar-refractivity contribution in [2.45, 2.75) is 13.8 Å². The van der Waals surface area contributed by atoms with E-state index in [4.69, 9.17) is 0 Å². The zero-order valence-electron chi connectivity index (χ0n) is 12.4. The molecule has 0 aliphatic rings. The van der Waals surface area contributed by atoms with Crippen LogP contribution in [0.5, 0.6) is 0 Å². The Balaban J connectivity index is 0.00000106. The van der Waals surface area contributed by atoms with Gasteiger partial charge in [0.2, 0.25) is 0 Å². The number of ether oxygens (including phenoxy) is 1. The molecule has 3 nitrogen and oxygen atoms in total. The molecule has 110 valence electrons. The fraction of sp³-hybridized carbons (Fsp3) is 0.176. The van der Waals surface area contributed by atoms with E-state index in [1.54, 1.807) is 24.3 Å². The minimum Gasteiger partial charge on any atom is -0.465 e. The van der Waals surface area contributed by atoms with E-state index in [0.717, 1.165) is 9.58 Å². The Bertz CT molecular complexity index is 742. The normalized spacial score (nSPS) is 9.48. The van der Waals surface area contributed by atoms with E-state index in [-0.39, 0.29) is 5.43 Å². The third kappa shape index (κ3) is 3.28. The Morgan fingerprint density at radius 3 is 2.43 bits per heavy atom. The van der Waals surface area contributed by atoms with E-state index < -0.39 is 5.97 Å². The Hall–Kier alpha value is -2.20. The molecular formula is C17H18O3S. The first-order valence-electron chi connectivity index (χ1n) is 6.56. The van der Waals surface area contributed by atoms with Crippen LogP contribution in [-0.2, 0) is 4.74 Å². The molecule has 0 aliphatic heterocycles. The first-order chi connectivity index (χ1) is 10.1. The minimum atomic E-state index is -0.422. The summed E-state index contributed by atoms with van der Waals surface area (Å²) in [5.74, 6) is -0.422. The van der Waals surface area contributed by atoms with Crippen molar-refractivity contribution in [3.05, 3.63) is 57.6 Å². The van der Waals surface area contributed by atoms with Crippen molar-refractivity contribution in [2.24, 2.45) is 0 Å². The number of benzene rings is 1. The van der Waals surface area contributed by atoms with Crippen molar-refractivity contribution in [1.82, 2.24) is 0 Å². The first kappa shape index (κ1) is 16.9. The van der Waals surface area contributed by atoms with Crippen molar-refractivity contribution in [3.63, 3.8) is 0 Å². The maximum atomic E-state index is 12.3. The van der Waals surface area contributed by atoms with Gasteiger partial charge in [0.05, 0.1) is 12.7 Å². The number of hydrogen-bond acceptors (Lipinski definition) is 4. The molecular weight excluding hydrogens is 284 g/mol. The molecule has 0 radical (unpaired) electrons. The summed E-state index contributed by atoms with van der Waals surface area (Å²) in [6.45, 7) is 11.3. The highest BCUT2D eigenvalue weighted by Crippen LogP contribution is 2.25. The predicted molar refractivity (Wildman–Crippen MR) is 91.0 cm³/mol. The van der Waals surface area contributed by atoms with E-state index in [1.807, 2.05) is 13.8 Å². The van der Waals surface area contributed by atoms with Crippen LogP contribution in [0.3, 0.4) is 0 Å². The van der Waals surface area contributed by atoms with Crippen LogP contribution >= 0.6 is 11.3 Å². The number of rotatable bonds is 3. The molecule has 21 heavy (non-hydrogen) atoms. The van der Waals surface area contributed by atoms with Gasteiger partial charge in [0, 0.05) is 20.5 Å². The van der Waals surface area contributed by atoms with Gasteiger partial charge in [-0.1, -0.05) is 39.2 Å². The van der Waals surface area contributed by atoms with Crippen LogP contribution in [0.2, 0.25) is 0 Å². The van der Waals surface area contributed by atoms with Crippen LogP contribution in [0.4, 0.5) is 0 Å². The minimum absolute atomic E-state index is 0.102. The third-order valence-corrected chi connectivity index (χ3v) is 3.93. The third-order valence-electron chi connectivity index (χ3n) is 2.77. The highest BCUT2D eigenvalue weighted by molar-refractivity contribution is 7.19. The molecule has 0 aliphatic carbocycles. The van der Waals surface area contributed by atoms with Crippen molar-refractivity contribution in [2.75, 3.05) is 7.11 Å². The number of hydrogen-bond donors (Lipinski definition) is 0. The summed E-state index contributed by atoms with van der Waals surface area (Å²) in [5.41, 5.74) is 0.861. The topological polar surface area (TPSA) is 43.4 Å². The molecule has 0 bridgehead atoms. The van der Waals surface area contributed by atoms with E-state index in [0.29, 0.717) is 16.5 Å². The molecule has 0 saturated carbocycles. The highest BCUT2D eigenvalue weighted by atomic mass is 32.1. The van der Waals surface area contributed by atoms with Gasteiger partial charge < -0.3 is 4.74 Å². The molecule has 1 aromatic carbocycles. The molecule has 0 atom stereocenters. The summed E-state index contributed by atoms with van der Waals surface area (Å²) in [4.78, 5) is 24.5. The van der Waals surface area contributed by atoms with Crippen molar-refractivity contribution >= 4 is 39.5 Å². The molecule has 0 amide bonds. The van der Waals surface area contributed by atoms with Gasteiger partial charge in [-0.15, -0.1) is 11.3 Å². The zero-order valence-corrected chi connectivity index (χ0v) is 13.3. The van der Waals surface area contributed by atoms with E-state index in [2.05, 4.69) is 17.9 Å². The summed E-state index contributed by atoms with van der Waals surface area (Å²) in [6.07, 6.45) is 3.15. The van der Waals surface area contributed by atoms with E-state index in [9.17, 15) is 9.59 Å². The molecule has 2 aromatic rings. The molecule has 4 heteroatoms. The second-order valence-electron chi connectivity index (χ2n) is 3.82. The maximum absolute atomic E-state index is 12.3. The number of carbonyl (C=O) groups is 1.